The van der Waals surface area contributed by atoms with Crippen LogP contribution in [0, 0.1) is 13.8 Å². The Morgan fingerprint density at radius 3 is 1.18 bits per heavy atom. The predicted molar refractivity (Wildman–Crippen MR) is 71.4 cm³/mol. The van der Waals surface area contributed by atoms with Crippen molar-refractivity contribution in [1.82, 2.24) is 0 Å². The van der Waals surface area contributed by atoms with Gasteiger partial charge in [0.1, 0.15) is 0 Å². The smallest absolute Gasteiger partial charge is 0.166 e. The van der Waals surface area contributed by atoms with Crippen molar-refractivity contribution in [1.29, 1.82) is 0 Å². The van der Waals surface area contributed by atoms with Crippen LogP contribution in [0.2, 0.25) is 0 Å². The number of hydrogen-bond acceptors (Lipinski definition) is 0. The lowest BCUT2D eigenvalue weighted by atomic mass is 9.96. The molecule has 2 aromatic rings. The molecule has 118 valence electrons. The van der Waals surface area contributed by atoms with Crippen molar-refractivity contribution >= 4 is 0 Å². The average molecular weight is 318 g/mol. The Balaban J connectivity index is 2.59. The lowest BCUT2D eigenvalue weighted by molar-refractivity contribution is -0.139. The molecule has 0 atom stereocenters. The highest BCUT2D eigenvalue weighted by Crippen LogP contribution is 2.37. The molecule has 0 heterocycles. The van der Waals surface area contributed by atoms with Gasteiger partial charge in [0.25, 0.3) is 0 Å². The summed E-state index contributed by atoms with van der Waals surface area (Å²) >= 11 is 0. The van der Waals surface area contributed by atoms with Gasteiger partial charge in [0.15, 0.2) is 0 Å². The van der Waals surface area contributed by atoms with Crippen molar-refractivity contribution in [2.75, 3.05) is 0 Å². The number of hydrogen-bond donors (Lipinski definition) is 0. The van der Waals surface area contributed by atoms with E-state index in [-0.39, 0.29) is 22.3 Å². The zero-order valence-electron chi connectivity index (χ0n) is 11.7. The van der Waals surface area contributed by atoms with Crippen LogP contribution in [-0.4, -0.2) is 0 Å². The van der Waals surface area contributed by atoms with Gasteiger partial charge in [0.2, 0.25) is 0 Å². The van der Waals surface area contributed by atoms with Crippen LogP contribution >= 0.6 is 0 Å². The SMILES string of the molecule is Cc1ccc(-c2ccc(C)c(C(F)(F)F)c2)cc1C(F)(F)F. The molecule has 22 heavy (non-hydrogen) atoms. The van der Waals surface area contributed by atoms with Crippen LogP contribution in [-0.2, 0) is 12.4 Å². The minimum absolute atomic E-state index is 0.0272. The van der Waals surface area contributed by atoms with E-state index in [2.05, 4.69) is 0 Å². The summed E-state index contributed by atoms with van der Waals surface area (Å²) in [6, 6.07) is 7.03. The van der Waals surface area contributed by atoms with Crippen LogP contribution in [0.4, 0.5) is 26.3 Å². The van der Waals surface area contributed by atoms with Crippen LogP contribution in [0.3, 0.4) is 0 Å². The van der Waals surface area contributed by atoms with Crippen molar-refractivity contribution in [3.8, 4) is 11.1 Å². The molecule has 0 bridgehead atoms. The van der Waals surface area contributed by atoms with Gasteiger partial charge in [0.05, 0.1) is 11.1 Å². The van der Waals surface area contributed by atoms with Gasteiger partial charge in [0, 0.05) is 0 Å². The molecule has 0 saturated heterocycles. The summed E-state index contributed by atoms with van der Waals surface area (Å²) in [5, 5.41) is 0. The third kappa shape index (κ3) is 3.26. The van der Waals surface area contributed by atoms with E-state index in [1.54, 1.807) is 0 Å². The molecule has 0 aromatic heterocycles. The largest absolute Gasteiger partial charge is 0.416 e. The number of benzene rings is 2. The van der Waals surface area contributed by atoms with E-state index in [1.165, 1.54) is 38.1 Å². The zero-order chi connectivity index (χ0) is 16.7. The maximum absolute atomic E-state index is 12.9. The minimum atomic E-state index is -4.54. The Hall–Kier alpha value is -1.98. The second-order valence-electron chi connectivity index (χ2n) is 5.05. The van der Waals surface area contributed by atoms with E-state index >= 15 is 0 Å². The van der Waals surface area contributed by atoms with Crippen LogP contribution < -0.4 is 0 Å². The molecule has 0 amide bonds. The minimum Gasteiger partial charge on any atom is -0.166 e. The molecule has 0 aliphatic rings. The van der Waals surface area contributed by atoms with Gasteiger partial charge in [-0.3, -0.25) is 0 Å². The molecule has 0 radical (unpaired) electrons. The third-order valence-corrected chi connectivity index (χ3v) is 3.42. The molecular weight excluding hydrogens is 306 g/mol. The van der Waals surface area contributed by atoms with E-state index < -0.39 is 23.5 Å². The number of alkyl halides is 6. The normalized spacial score (nSPS) is 12.5. The number of rotatable bonds is 1. The number of aryl methyl sites for hydroxylation is 2. The van der Waals surface area contributed by atoms with Crippen LogP contribution in [0.5, 0.6) is 0 Å². The zero-order valence-corrected chi connectivity index (χ0v) is 11.7. The monoisotopic (exact) mass is 318 g/mol. The number of halogens is 6. The first kappa shape index (κ1) is 16.4. The summed E-state index contributed by atoms with van der Waals surface area (Å²) in [6.07, 6.45) is -9.09. The molecule has 2 aromatic carbocycles. The van der Waals surface area contributed by atoms with Gasteiger partial charge >= 0.3 is 12.4 Å². The second-order valence-corrected chi connectivity index (χ2v) is 5.05. The first-order valence-corrected chi connectivity index (χ1v) is 6.36. The van der Waals surface area contributed by atoms with Crippen molar-refractivity contribution in [2.24, 2.45) is 0 Å². The van der Waals surface area contributed by atoms with Gasteiger partial charge < -0.3 is 0 Å². The van der Waals surface area contributed by atoms with Crippen molar-refractivity contribution in [2.45, 2.75) is 26.2 Å². The standard InChI is InChI=1S/C16H12F6/c1-9-3-5-11(7-13(9)15(17,18)19)12-6-4-10(2)14(8-12)16(20,21)22/h3-8H,1-2H3. The molecular formula is C16H12F6. The molecule has 0 N–H and O–H groups in total. The summed E-state index contributed by atoms with van der Waals surface area (Å²) in [6.45, 7) is 2.62. The fourth-order valence-corrected chi connectivity index (χ4v) is 2.21. The Morgan fingerprint density at radius 2 is 0.909 bits per heavy atom. The molecule has 0 unspecified atom stereocenters. The van der Waals surface area contributed by atoms with Crippen LogP contribution in [0.25, 0.3) is 11.1 Å². The van der Waals surface area contributed by atoms with Crippen molar-refractivity contribution in [3.63, 3.8) is 0 Å². The highest BCUT2D eigenvalue weighted by Gasteiger charge is 2.34. The summed E-state index contributed by atoms with van der Waals surface area (Å²) in [5.74, 6) is 0. The fraction of sp³-hybridized carbons (Fsp3) is 0.250. The Bertz CT molecular complexity index is 633. The fourth-order valence-electron chi connectivity index (χ4n) is 2.21. The lowest BCUT2D eigenvalue weighted by Crippen LogP contribution is -2.08. The van der Waals surface area contributed by atoms with Gasteiger partial charge in [-0.2, -0.15) is 26.3 Å². The molecule has 0 spiro atoms. The molecule has 0 aliphatic heterocycles. The summed E-state index contributed by atoms with van der Waals surface area (Å²) < 4.78 is 77.4. The van der Waals surface area contributed by atoms with E-state index in [9.17, 15) is 26.3 Å². The third-order valence-electron chi connectivity index (χ3n) is 3.42. The second kappa shape index (κ2) is 5.34. The van der Waals surface area contributed by atoms with Crippen LogP contribution in [0.1, 0.15) is 22.3 Å². The summed E-state index contributed by atoms with van der Waals surface area (Å²) in [4.78, 5) is 0. The van der Waals surface area contributed by atoms with Crippen LogP contribution in [0.15, 0.2) is 36.4 Å². The van der Waals surface area contributed by atoms with Gasteiger partial charge in [-0.15, -0.1) is 0 Å². The molecule has 6 heteroatoms. The van der Waals surface area contributed by atoms with Gasteiger partial charge in [-0.05, 0) is 48.2 Å². The van der Waals surface area contributed by atoms with E-state index in [4.69, 9.17) is 0 Å². The van der Waals surface area contributed by atoms with E-state index in [1.807, 2.05) is 0 Å². The quantitative estimate of drug-likeness (QED) is 0.565. The topological polar surface area (TPSA) is 0 Å². The van der Waals surface area contributed by atoms with Gasteiger partial charge in [-0.25, -0.2) is 0 Å². The van der Waals surface area contributed by atoms with E-state index in [0.29, 0.717) is 0 Å². The van der Waals surface area contributed by atoms with Crippen molar-refractivity contribution in [3.05, 3.63) is 58.7 Å². The van der Waals surface area contributed by atoms with E-state index in [0.717, 1.165) is 12.1 Å². The Labute approximate surface area is 123 Å². The van der Waals surface area contributed by atoms with Crippen molar-refractivity contribution < 1.29 is 26.3 Å². The summed E-state index contributed by atoms with van der Waals surface area (Å²) in [7, 11) is 0. The first-order chi connectivity index (χ1) is 10.00. The Morgan fingerprint density at radius 1 is 0.591 bits per heavy atom. The highest BCUT2D eigenvalue weighted by molar-refractivity contribution is 5.66. The molecule has 0 saturated carbocycles. The molecule has 2 rings (SSSR count). The molecule has 0 aliphatic carbocycles. The molecule has 0 nitrogen and oxygen atoms in total. The average Bonchev–Trinajstić information content (AvgIpc) is 2.37. The Kier molecular flexibility index (Phi) is 3.98. The summed E-state index contributed by atoms with van der Waals surface area (Å²) in [5.41, 5.74) is -1.44. The van der Waals surface area contributed by atoms with Gasteiger partial charge in [-0.1, -0.05) is 24.3 Å². The first-order valence-electron chi connectivity index (χ1n) is 6.36. The maximum atomic E-state index is 12.9. The highest BCUT2D eigenvalue weighted by atomic mass is 19.4. The predicted octanol–water partition coefficient (Wildman–Crippen LogP) is 6.01. The maximum Gasteiger partial charge on any atom is 0.416 e. The molecule has 0 fully saturated rings. The lowest BCUT2D eigenvalue weighted by Gasteiger charge is -2.15.